The molecule has 3 amide bonds. The average molecular weight is 299 g/mol. The fourth-order valence-electron chi connectivity index (χ4n) is 2.34. The summed E-state index contributed by atoms with van der Waals surface area (Å²) in [6.45, 7) is 6.67. The number of hydrogen-bond acceptors (Lipinski definition) is 3. The molecule has 1 rings (SSSR count). The Kier molecular flexibility index (Phi) is 6.45. The summed E-state index contributed by atoms with van der Waals surface area (Å²) >= 11 is 0. The van der Waals surface area contributed by atoms with E-state index in [-0.39, 0.29) is 11.8 Å². The first-order valence-corrected chi connectivity index (χ1v) is 7.45. The van der Waals surface area contributed by atoms with Crippen LogP contribution in [-0.2, 0) is 9.59 Å². The number of likely N-dealkylation sites (tertiary alicyclic amines) is 1. The monoisotopic (exact) mass is 299 g/mol. The molecule has 1 aliphatic rings. The van der Waals surface area contributed by atoms with E-state index in [1.807, 2.05) is 6.92 Å². The Morgan fingerprint density at radius 2 is 1.71 bits per heavy atom. The molecule has 7 heteroatoms. The van der Waals surface area contributed by atoms with Crippen molar-refractivity contribution in [1.82, 2.24) is 15.5 Å². The standard InChI is InChI=1S/C14H25N3O4/c1-4-9(2)11(13(19)20)16-14(21)15-10(3)12(18)17-7-5-6-8-17/h9-11H,4-8H2,1-3H3,(H,19,20)(H2,15,16,21)/t9?,10?,11-/m0/s1. The lowest BCUT2D eigenvalue weighted by molar-refractivity contribution is -0.140. The fourth-order valence-corrected chi connectivity index (χ4v) is 2.34. The van der Waals surface area contributed by atoms with Crippen molar-refractivity contribution in [2.45, 2.75) is 52.1 Å². The van der Waals surface area contributed by atoms with E-state index in [1.54, 1.807) is 18.7 Å². The molecule has 0 aromatic heterocycles. The van der Waals surface area contributed by atoms with Crippen LogP contribution in [0.2, 0.25) is 0 Å². The van der Waals surface area contributed by atoms with Crippen LogP contribution in [0.15, 0.2) is 0 Å². The van der Waals surface area contributed by atoms with Gasteiger partial charge in [0.1, 0.15) is 12.1 Å². The summed E-state index contributed by atoms with van der Waals surface area (Å²) in [5.74, 6) is -1.38. The molecule has 1 fully saturated rings. The Morgan fingerprint density at radius 3 is 2.19 bits per heavy atom. The molecule has 0 saturated carbocycles. The number of urea groups is 1. The summed E-state index contributed by atoms with van der Waals surface area (Å²) in [6.07, 6.45) is 2.61. The number of carbonyl (C=O) groups is 3. The van der Waals surface area contributed by atoms with Gasteiger partial charge < -0.3 is 20.6 Å². The SMILES string of the molecule is CCC(C)[C@H](NC(=O)NC(C)C(=O)N1CCCC1)C(=O)O. The van der Waals surface area contributed by atoms with E-state index >= 15 is 0 Å². The van der Waals surface area contributed by atoms with Crippen LogP contribution >= 0.6 is 0 Å². The third-order valence-corrected chi connectivity index (χ3v) is 3.90. The van der Waals surface area contributed by atoms with Gasteiger partial charge in [-0.3, -0.25) is 4.79 Å². The Hall–Kier alpha value is -1.79. The molecule has 0 radical (unpaired) electrons. The van der Waals surface area contributed by atoms with Crippen molar-refractivity contribution in [3.8, 4) is 0 Å². The van der Waals surface area contributed by atoms with Gasteiger partial charge in [0, 0.05) is 13.1 Å². The minimum Gasteiger partial charge on any atom is -0.480 e. The predicted octanol–water partition coefficient (Wildman–Crippen LogP) is 0.796. The molecule has 0 spiro atoms. The maximum Gasteiger partial charge on any atom is 0.326 e. The zero-order valence-corrected chi connectivity index (χ0v) is 12.9. The number of rotatable bonds is 6. The maximum atomic E-state index is 12.1. The minimum absolute atomic E-state index is 0.127. The molecule has 3 N–H and O–H groups in total. The zero-order valence-electron chi connectivity index (χ0n) is 12.9. The zero-order chi connectivity index (χ0) is 16.0. The van der Waals surface area contributed by atoms with E-state index in [1.165, 1.54) is 0 Å². The number of aliphatic carboxylic acids is 1. The highest BCUT2D eigenvalue weighted by Gasteiger charge is 2.28. The first-order valence-electron chi connectivity index (χ1n) is 7.45. The number of amides is 3. The van der Waals surface area contributed by atoms with Gasteiger partial charge in [0.2, 0.25) is 5.91 Å². The molecule has 120 valence electrons. The van der Waals surface area contributed by atoms with E-state index in [2.05, 4.69) is 10.6 Å². The summed E-state index contributed by atoms with van der Waals surface area (Å²) in [4.78, 5) is 36.8. The van der Waals surface area contributed by atoms with Gasteiger partial charge in [-0.25, -0.2) is 9.59 Å². The van der Waals surface area contributed by atoms with Gasteiger partial charge >= 0.3 is 12.0 Å². The molecule has 0 aromatic carbocycles. The van der Waals surface area contributed by atoms with Gasteiger partial charge in [-0.15, -0.1) is 0 Å². The van der Waals surface area contributed by atoms with Crippen molar-refractivity contribution < 1.29 is 19.5 Å². The maximum absolute atomic E-state index is 12.1. The first kappa shape index (κ1) is 17.3. The van der Waals surface area contributed by atoms with E-state index in [9.17, 15) is 14.4 Å². The van der Waals surface area contributed by atoms with Gasteiger partial charge in [0.25, 0.3) is 0 Å². The predicted molar refractivity (Wildman–Crippen MR) is 77.8 cm³/mol. The molecular weight excluding hydrogens is 274 g/mol. The van der Waals surface area contributed by atoms with Gasteiger partial charge in [-0.05, 0) is 25.7 Å². The van der Waals surface area contributed by atoms with Gasteiger partial charge in [0.05, 0.1) is 0 Å². The number of carboxylic acids is 1. The summed E-state index contributed by atoms with van der Waals surface area (Å²) in [5, 5.41) is 14.1. The van der Waals surface area contributed by atoms with E-state index in [4.69, 9.17) is 5.11 Å². The van der Waals surface area contributed by atoms with Crippen molar-refractivity contribution in [3.63, 3.8) is 0 Å². The second-order valence-corrected chi connectivity index (χ2v) is 5.57. The summed E-state index contributed by atoms with van der Waals surface area (Å²) < 4.78 is 0. The van der Waals surface area contributed by atoms with Crippen LogP contribution in [0.5, 0.6) is 0 Å². The quantitative estimate of drug-likeness (QED) is 0.675. The third-order valence-electron chi connectivity index (χ3n) is 3.90. The van der Waals surface area contributed by atoms with E-state index < -0.39 is 24.1 Å². The van der Waals surface area contributed by atoms with Crippen LogP contribution in [0.1, 0.15) is 40.0 Å². The number of carbonyl (C=O) groups excluding carboxylic acids is 2. The van der Waals surface area contributed by atoms with Crippen molar-refractivity contribution in [2.75, 3.05) is 13.1 Å². The third kappa shape index (κ3) is 4.91. The van der Waals surface area contributed by atoms with Crippen molar-refractivity contribution in [3.05, 3.63) is 0 Å². The van der Waals surface area contributed by atoms with Gasteiger partial charge in [0.15, 0.2) is 0 Å². The molecule has 3 atom stereocenters. The van der Waals surface area contributed by atoms with Gasteiger partial charge in [-0.1, -0.05) is 20.3 Å². The van der Waals surface area contributed by atoms with E-state index in [0.717, 1.165) is 25.9 Å². The molecule has 0 aliphatic carbocycles. The molecule has 0 aromatic rings. The smallest absolute Gasteiger partial charge is 0.326 e. The van der Waals surface area contributed by atoms with Gasteiger partial charge in [-0.2, -0.15) is 0 Å². The molecule has 2 unspecified atom stereocenters. The largest absolute Gasteiger partial charge is 0.480 e. The average Bonchev–Trinajstić information content (AvgIpc) is 2.96. The van der Waals surface area contributed by atoms with Crippen LogP contribution in [0.25, 0.3) is 0 Å². The lowest BCUT2D eigenvalue weighted by Gasteiger charge is -2.24. The second-order valence-electron chi connectivity index (χ2n) is 5.57. The number of nitrogens with one attached hydrogen (secondary N) is 2. The Morgan fingerprint density at radius 1 is 1.14 bits per heavy atom. The highest BCUT2D eigenvalue weighted by Crippen LogP contribution is 2.10. The Bertz CT molecular complexity index is 394. The molecule has 1 aliphatic heterocycles. The molecular formula is C14H25N3O4. The summed E-state index contributed by atoms with van der Waals surface area (Å²) in [6, 6.07) is -2.23. The number of nitrogens with zero attached hydrogens (tertiary/aromatic N) is 1. The topological polar surface area (TPSA) is 98.7 Å². The normalized spacial score (nSPS) is 18.7. The van der Waals surface area contributed by atoms with Crippen LogP contribution in [0.4, 0.5) is 4.79 Å². The van der Waals surface area contributed by atoms with Crippen molar-refractivity contribution >= 4 is 17.9 Å². The van der Waals surface area contributed by atoms with Crippen LogP contribution < -0.4 is 10.6 Å². The fraction of sp³-hybridized carbons (Fsp3) is 0.786. The van der Waals surface area contributed by atoms with E-state index in [0.29, 0.717) is 6.42 Å². The first-order chi connectivity index (χ1) is 9.86. The lowest BCUT2D eigenvalue weighted by Crippen LogP contribution is -2.54. The van der Waals surface area contributed by atoms with Crippen LogP contribution in [0.3, 0.4) is 0 Å². The van der Waals surface area contributed by atoms with Crippen molar-refractivity contribution in [2.24, 2.45) is 5.92 Å². The lowest BCUT2D eigenvalue weighted by atomic mass is 9.99. The highest BCUT2D eigenvalue weighted by atomic mass is 16.4. The van der Waals surface area contributed by atoms with Crippen LogP contribution in [-0.4, -0.2) is 53.1 Å². The minimum atomic E-state index is -1.07. The summed E-state index contributed by atoms with van der Waals surface area (Å²) in [7, 11) is 0. The molecule has 21 heavy (non-hydrogen) atoms. The number of hydrogen-bond donors (Lipinski definition) is 3. The summed E-state index contributed by atoms with van der Waals surface area (Å²) in [5.41, 5.74) is 0. The second kappa shape index (κ2) is 7.85. The van der Waals surface area contributed by atoms with Crippen LogP contribution in [0, 0.1) is 5.92 Å². The number of carboxylic acid groups (broad SMARTS) is 1. The molecule has 1 saturated heterocycles. The Labute approximate surface area is 125 Å². The molecule has 7 nitrogen and oxygen atoms in total. The molecule has 1 heterocycles. The Balaban J connectivity index is 2.51. The molecule has 0 bridgehead atoms. The highest BCUT2D eigenvalue weighted by molar-refractivity contribution is 5.88. The van der Waals surface area contributed by atoms with Crippen molar-refractivity contribution in [1.29, 1.82) is 0 Å².